The summed E-state index contributed by atoms with van der Waals surface area (Å²) >= 11 is 5.40. The van der Waals surface area contributed by atoms with Crippen LogP contribution in [0.4, 0.5) is 0 Å². The maximum absolute atomic E-state index is 10.4. The van der Waals surface area contributed by atoms with Gasteiger partial charge in [-0.05, 0) is 13.0 Å². The number of aryl methyl sites for hydroxylation is 1. The summed E-state index contributed by atoms with van der Waals surface area (Å²) in [6.07, 6.45) is 0. The summed E-state index contributed by atoms with van der Waals surface area (Å²) in [4.78, 5) is 6.82. The Labute approximate surface area is 85.7 Å². The van der Waals surface area contributed by atoms with Crippen molar-refractivity contribution >= 4 is 11.6 Å². The zero-order chi connectivity index (χ0) is 6.85. The Balaban J connectivity index is 0.000000810. The van der Waals surface area contributed by atoms with Gasteiger partial charge >= 0.3 is 29.6 Å². The van der Waals surface area contributed by atoms with Crippen LogP contribution in [0.1, 0.15) is 5.69 Å². The average Bonchev–Trinajstić information content (AvgIpc) is 1.59. The summed E-state index contributed by atoms with van der Waals surface area (Å²) in [6.45, 7) is 1.69. The molecule has 0 saturated carbocycles. The number of aromatic nitrogens is 2. The molecule has 1 rings (SSSR count). The number of hydrogen-bond acceptors (Lipinski definition) is 3. The Morgan fingerprint density at radius 1 is 1.50 bits per heavy atom. The van der Waals surface area contributed by atoms with Crippen LogP contribution in [0, 0.1) is 6.92 Å². The Morgan fingerprint density at radius 2 is 2.10 bits per heavy atom. The van der Waals surface area contributed by atoms with Crippen LogP contribution in [-0.4, -0.2) is 9.97 Å². The van der Waals surface area contributed by atoms with Crippen molar-refractivity contribution in [3.05, 3.63) is 16.9 Å². The van der Waals surface area contributed by atoms with Gasteiger partial charge in [-0.15, -0.1) is 0 Å². The maximum Gasteiger partial charge on any atom is 1.00 e. The summed E-state index contributed by atoms with van der Waals surface area (Å²) in [5.74, 6) is 0. The van der Waals surface area contributed by atoms with Crippen LogP contribution in [0.3, 0.4) is 0 Å². The molecule has 0 aliphatic carbocycles. The molecular weight excluding hydrogens is 163 g/mol. The van der Waals surface area contributed by atoms with Crippen molar-refractivity contribution < 1.29 is 34.7 Å². The Hall–Kier alpha value is 0.170. The molecule has 0 bridgehead atoms. The van der Waals surface area contributed by atoms with Gasteiger partial charge < -0.3 is 5.11 Å². The standard InChI is InChI=1S/C5H5ClN2O.Na/c1-3-2-4(6)8-5(9)7-3;/h2H,1H3,(H,7,8,9);/q;+1/p-1. The summed E-state index contributed by atoms with van der Waals surface area (Å²) in [5, 5.41) is 10.6. The van der Waals surface area contributed by atoms with Gasteiger partial charge in [0.1, 0.15) is 5.15 Å². The summed E-state index contributed by atoms with van der Waals surface area (Å²) in [6, 6.07) is 1.00. The zero-order valence-corrected chi connectivity index (χ0v) is 8.51. The van der Waals surface area contributed by atoms with Crippen molar-refractivity contribution in [2.24, 2.45) is 0 Å². The van der Waals surface area contributed by atoms with Gasteiger partial charge in [-0.3, -0.25) is 0 Å². The third kappa shape index (κ3) is 2.84. The summed E-state index contributed by atoms with van der Waals surface area (Å²) < 4.78 is 0. The van der Waals surface area contributed by atoms with E-state index >= 15 is 0 Å². The van der Waals surface area contributed by atoms with Gasteiger partial charge in [0.2, 0.25) is 0 Å². The van der Waals surface area contributed by atoms with E-state index in [1.165, 1.54) is 6.07 Å². The van der Waals surface area contributed by atoms with Crippen molar-refractivity contribution in [2.75, 3.05) is 0 Å². The average molecular weight is 167 g/mol. The fourth-order valence-electron chi connectivity index (χ4n) is 0.504. The van der Waals surface area contributed by atoms with Crippen LogP contribution in [0.25, 0.3) is 0 Å². The van der Waals surface area contributed by atoms with Gasteiger partial charge in [0.05, 0.1) is 6.01 Å². The van der Waals surface area contributed by atoms with E-state index < -0.39 is 6.01 Å². The Morgan fingerprint density at radius 3 is 2.50 bits per heavy atom. The van der Waals surface area contributed by atoms with Gasteiger partial charge in [0, 0.05) is 5.69 Å². The van der Waals surface area contributed by atoms with Crippen LogP contribution in [0.15, 0.2) is 6.07 Å². The first kappa shape index (κ1) is 10.2. The van der Waals surface area contributed by atoms with Gasteiger partial charge in [0.25, 0.3) is 0 Å². The molecule has 0 amide bonds. The second-order valence-corrected chi connectivity index (χ2v) is 2.00. The second kappa shape index (κ2) is 4.13. The summed E-state index contributed by atoms with van der Waals surface area (Å²) in [5.41, 5.74) is 0.597. The molecule has 0 spiro atoms. The third-order valence-electron chi connectivity index (χ3n) is 0.802. The van der Waals surface area contributed by atoms with Crippen molar-refractivity contribution in [2.45, 2.75) is 6.92 Å². The van der Waals surface area contributed by atoms with Crippen LogP contribution in [0.2, 0.25) is 5.15 Å². The van der Waals surface area contributed by atoms with E-state index in [0.29, 0.717) is 5.69 Å². The predicted molar refractivity (Wildman–Crippen MR) is 31.2 cm³/mol. The van der Waals surface area contributed by atoms with E-state index in [1.807, 2.05) is 0 Å². The van der Waals surface area contributed by atoms with Crippen LogP contribution in [-0.2, 0) is 0 Å². The second-order valence-electron chi connectivity index (χ2n) is 1.61. The van der Waals surface area contributed by atoms with Crippen LogP contribution >= 0.6 is 11.6 Å². The Bertz CT molecular complexity index is 180. The molecule has 0 N–H and O–H groups in total. The van der Waals surface area contributed by atoms with E-state index in [9.17, 15) is 5.11 Å². The smallest absolute Gasteiger partial charge is 0.844 e. The fourth-order valence-corrected chi connectivity index (χ4v) is 0.734. The molecule has 48 valence electrons. The fraction of sp³-hybridized carbons (Fsp3) is 0.200. The van der Waals surface area contributed by atoms with Crippen molar-refractivity contribution in [3.8, 4) is 6.01 Å². The molecule has 1 heterocycles. The van der Waals surface area contributed by atoms with Crippen molar-refractivity contribution in [3.63, 3.8) is 0 Å². The Kier molecular flexibility index (Phi) is 4.20. The molecule has 3 nitrogen and oxygen atoms in total. The quantitative estimate of drug-likeness (QED) is 0.317. The summed E-state index contributed by atoms with van der Waals surface area (Å²) in [7, 11) is 0. The number of halogens is 1. The number of hydrogen-bond donors (Lipinski definition) is 0. The first-order valence-corrected chi connectivity index (χ1v) is 2.74. The van der Waals surface area contributed by atoms with E-state index in [1.54, 1.807) is 6.92 Å². The minimum absolute atomic E-state index is 0. The normalized spacial score (nSPS) is 8.60. The van der Waals surface area contributed by atoms with Gasteiger partial charge in [0.15, 0.2) is 0 Å². The molecule has 1 aromatic heterocycles. The van der Waals surface area contributed by atoms with Gasteiger partial charge in [-0.1, -0.05) is 11.6 Å². The van der Waals surface area contributed by atoms with E-state index in [0.717, 1.165) is 0 Å². The maximum atomic E-state index is 10.4. The molecule has 0 aromatic carbocycles. The molecule has 0 atom stereocenters. The third-order valence-corrected chi connectivity index (χ3v) is 0.996. The molecule has 5 heteroatoms. The van der Waals surface area contributed by atoms with Crippen molar-refractivity contribution in [1.82, 2.24) is 9.97 Å². The topological polar surface area (TPSA) is 48.8 Å². The van der Waals surface area contributed by atoms with Crippen LogP contribution in [0.5, 0.6) is 6.01 Å². The SMILES string of the molecule is Cc1cc(Cl)nc([O-])n1.[Na+]. The molecular formula is C5H4ClN2NaO. The van der Waals surface area contributed by atoms with Crippen LogP contribution < -0.4 is 34.7 Å². The molecule has 0 aliphatic heterocycles. The molecule has 1 aromatic rings. The van der Waals surface area contributed by atoms with E-state index in [4.69, 9.17) is 11.6 Å². The first-order valence-electron chi connectivity index (χ1n) is 2.36. The van der Waals surface area contributed by atoms with Gasteiger partial charge in [-0.2, -0.15) is 0 Å². The predicted octanol–water partition coefficient (Wildman–Crippen LogP) is -2.48. The number of nitrogens with zero attached hydrogens (tertiary/aromatic N) is 2. The van der Waals surface area contributed by atoms with E-state index in [2.05, 4.69) is 9.97 Å². The molecule has 0 radical (unpaired) electrons. The van der Waals surface area contributed by atoms with Gasteiger partial charge in [-0.25, -0.2) is 9.97 Å². The molecule has 0 fully saturated rings. The van der Waals surface area contributed by atoms with E-state index in [-0.39, 0.29) is 34.7 Å². The molecule has 0 unspecified atom stereocenters. The first-order chi connectivity index (χ1) is 4.18. The monoisotopic (exact) mass is 166 g/mol. The van der Waals surface area contributed by atoms with Crippen molar-refractivity contribution in [1.29, 1.82) is 0 Å². The minimum atomic E-state index is -0.528. The zero-order valence-electron chi connectivity index (χ0n) is 5.76. The number of rotatable bonds is 0. The molecule has 0 aliphatic rings. The minimum Gasteiger partial charge on any atom is -0.844 e. The largest absolute Gasteiger partial charge is 1.00 e. The molecule has 0 saturated heterocycles. The molecule has 10 heavy (non-hydrogen) atoms.